The van der Waals surface area contributed by atoms with Gasteiger partial charge < -0.3 is 19.1 Å². The van der Waals surface area contributed by atoms with E-state index in [-0.39, 0.29) is 18.8 Å². The topological polar surface area (TPSA) is 66.4 Å². The number of esters is 1. The number of carboxylic acid groups (broad SMARTS) is 1. The van der Waals surface area contributed by atoms with Crippen LogP contribution in [-0.4, -0.2) is 50.2 Å². The number of carbonyl (C=O) groups excluding carboxylic acids is 2. The first kappa shape index (κ1) is 24.1. The Hall–Kier alpha value is -1.88. The predicted octanol–water partition coefficient (Wildman–Crippen LogP) is 2.77. The zero-order valence-corrected chi connectivity index (χ0v) is 16.8. The Labute approximate surface area is 158 Å². The summed E-state index contributed by atoms with van der Waals surface area (Å²) in [4.78, 5) is 22.7. The number of likely N-dealkylation sites (N-methyl/N-ethyl adjacent to an activating group) is 1. The maximum atomic E-state index is 11.9. The lowest BCUT2D eigenvalue weighted by Crippen LogP contribution is -2.45. The Kier molecular flexibility index (Phi) is 13.3. The molecule has 0 amide bonds. The van der Waals surface area contributed by atoms with Gasteiger partial charge in [-0.25, -0.2) is 0 Å². The first-order chi connectivity index (χ1) is 12.2. The molecule has 0 aromatic heterocycles. The number of unbranched alkanes of at least 4 members (excludes halogenated alkanes) is 3. The fourth-order valence-electron chi connectivity index (χ4n) is 2.43. The van der Waals surface area contributed by atoms with Crippen LogP contribution < -0.4 is 5.11 Å². The lowest BCUT2D eigenvalue weighted by atomic mass is 10.1. The first-order valence-corrected chi connectivity index (χ1v) is 9.37. The minimum absolute atomic E-state index is 0.264. The zero-order valence-electron chi connectivity index (χ0n) is 16.8. The number of allylic oxidation sites excluding steroid dienone is 6. The number of hydrogen-bond acceptors (Lipinski definition) is 4. The van der Waals surface area contributed by atoms with E-state index in [0.29, 0.717) is 17.4 Å². The molecule has 26 heavy (non-hydrogen) atoms. The molecule has 0 N–H and O–H groups in total. The van der Waals surface area contributed by atoms with E-state index in [2.05, 4.69) is 18.2 Å². The van der Waals surface area contributed by atoms with Gasteiger partial charge in [0.2, 0.25) is 0 Å². The third kappa shape index (κ3) is 17.0. The van der Waals surface area contributed by atoms with Crippen molar-refractivity contribution in [1.29, 1.82) is 0 Å². The summed E-state index contributed by atoms with van der Waals surface area (Å²) >= 11 is 0. The molecular formula is C21H35NO4. The third-order valence-electron chi connectivity index (χ3n) is 3.56. The SMILES string of the molecule is C/C=C/C=C/CCCC/C=C/CCC(=O)OC(CC(=O)[O-])C[N+](C)(C)C. The van der Waals surface area contributed by atoms with E-state index >= 15 is 0 Å². The highest BCUT2D eigenvalue weighted by atomic mass is 16.5. The molecule has 0 aliphatic carbocycles. The summed E-state index contributed by atoms with van der Waals surface area (Å²) in [5, 5.41) is 10.8. The van der Waals surface area contributed by atoms with E-state index in [1.807, 2.05) is 46.3 Å². The standard InChI is InChI=1S/C21H35NO4/c1-5-6-7-8-9-10-11-12-13-14-15-16-21(25)26-19(17-20(23)24)18-22(2,3)4/h5-8,13-14,19H,9-12,15-18H2,1-4H3/b6-5+,8-7+,14-13+. The predicted molar refractivity (Wildman–Crippen MR) is 103 cm³/mol. The highest BCUT2D eigenvalue weighted by Gasteiger charge is 2.22. The number of aliphatic carboxylic acids is 1. The van der Waals surface area contributed by atoms with Crippen LogP contribution in [0.4, 0.5) is 0 Å². The number of carboxylic acids is 1. The van der Waals surface area contributed by atoms with E-state index in [1.54, 1.807) is 0 Å². The van der Waals surface area contributed by atoms with E-state index in [4.69, 9.17) is 4.74 Å². The summed E-state index contributed by atoms with van der Waals surface area (Å²) in [6.45, 7) is 2.44. The van der Waals surface area contributed by atoms with Gasteiger partial charge in [-0.05, 0) is 39.0 Å². The van der Waals surface area contributed by atoms with E-state index in [1.165, 1.54) is 0 Å². The largest absolute Gasteiger partial charge is 0.550 e. The second kappa shape index (κ2) is 14.3. The van der Waals surface area contributed by atoms with Gasteiger partial charge in [-0.2, -0.15) is 0 Å². The van der Waals surface area contributed by atoms with Crippen LogP contribution in [0, 0.1) is 0 Å². The van der Waals surface area contributed by atoms with Gasteiger partial charge >= 0.3 is 5.97 Å². The molecule has 0 aromatic rings. The molecule has 148 valence electrons. The van der Waals surface area contributed by atoms with Crippen molar-refractivity contribution < 1.29 is 23.9 Å². The second-order valence-electron chi connectivity index (χ2n) is 7.41. The van der Waals surface area contributed by atoms with Crippen LogP contribution in [0.2, 0.25) is 0 Å². The van der Waals surface area contributed by atoms with Crippen molar-refractivity contribution in [3.8, 4) is 0 Å². The maximum absolute atomic E-state index is 11.9. The first-order valence-electron chi connectivity index (χ1n) is 9.37. The number of quaternary nitrogens is 1. The zero-order chi connectivity index (χ0) is 19.8. The number of nitrogens with zero attached hydrogens (tertiary/aromatic N) is 1. The van der Waals surface area contributed by atoms with Crippen molar-refractivity contribution in [1.82, 2.24) is 0 Å². The van der Waals surface area contributed by atoms with Crippen molar-refractivity contribution in [2.24, 2.45) is 0 Å². The van der Waals surface area contributed by atoms with Crippen LogP contribution in [0.3, 0.4) is 0 Å². The summed E-state index contributed by atoms with van der Waals surface area (Å²) in [6, 6.07) is 0. The van der Waals surface area contributed by atoms with Gasteiger partial charge in [0.25, 0.3) is 0 Å². The summed E-state index contributed by atoms with van der Waals surface area (Å²) in [5.41, 5.74) is 0. The van der Waals surface area contributed by atoms with Crippen LogP contribution in [-0.2, 0) is 14.3 Å². The van der Waals surface area contributed by atoms with Crippen LogP contribution in [0.25, 0.3) is 0 Å². The Balaban J connectivity index is 3.95. The Morgan fingerprint density at radius 1 is 1.00 bits per heavy atom. The Bertz CT molecular complexity index is 487. The van der Waals surface area contributed by atoms with Gasteiger partial charge in [0.1, 0.15) is 6.54 Å². The summed E-state index contributed by atoms with van der Waals surface area (Å²) in [7, 11) is 5.78. The minimum Gasteiger partial charge on any atom is -0.550 e. The van der Waals surface area contributed by atoms with E-state index < -0.39 is 12.1 Å². The van der Waals surface area contributed by atoms with Gasteiger partial charge in [-0.3, -0.25) is 4.79 Å². The average molecular weight is 366 g/mol. The molecule has 5 heteroatoms. The molecule has 0 heterocycles. The molecule has 0 bridgehead atoms. The van der Waals surface area contributed by atoms with Crippen molar-refractivity contribution in [2.45, 2.75) is 58.0 Å². The van der Waals surface area contributed by atoms with E-state index in [9.17, 15) is 14.7 Å². The summed E-state index contributed by atoms with van der Waals surface area (Å²) in [5.74, 6) is -1.56. The minimum atomic E-state index is -1.20. The van der Waals surface area contributed by atoms with Crippen LogP contribution in [0.15, 0.2) is 36.5 Å². The van der Waals surface area contributed by atoms with Crippen molar-refractivity contribution in [3.05, 3.63) is 36.5 Å². The smallest absolute Gasteiger partial charge is 0.306 e. The monoisotopic (exact) mass is 365 g/mol. The molecule has 0 aliphatic rings. The normalized spacial score (nSPS) is 13.7. The van der Waals surface area contributed by atoms with Gasteiger partial charge in [-0.15, -0.1) is 0 Å². The van der Waals surface area contributed by atoms with Gasteiger partial charge in [-0.1, -0.05) is 36.5 Å². The number of carbonyl (C=O) groups is 2. The fourth-order valence-corrected chi connectivity index (χ4v) is 2.43. The molecular weight excluding hydrogens is 330 g/mol. The third-order valence-corrected chi connectivity index (χ3v) is 3.56. The summed E-state index contributed by atoms with van der Waals surface area (Å²) < 4.78 is 5.83. The molecule has 0 radical (unpaired) electrons. The molecule has 0 rings (SSSR count). The highest BCUT2D eigenvalue weighted by Crippen LogP contribution is 2.08. The molecule has 0 fully saturated rings. The van der Waals surface area contributed by atoms with Gasteiger partial charge in [0, 0.05) is 18.8 Å². The molecule has 1 unspecified atom stereocenters. The highest BCUT2D eigenvalue weighted by molar-refractivity contribution is 5.71. The lowest BCUT2D eigenvalue weighted by molar-refractivity contribution is -0.873. The van der Waals surface area contributed by atoms with Crippen molar-refractivity contribution in [2.75, 3.05) is 27.7 Å². The maximum Gasteiger partial charge on any atom is 0.306 e. The van der Waals surface area contributed by atoms with Crippen LogP contribution in [0.1, 0.15) is 51.9 Å². The molecule has 1 atom stereocenters. The number of ether oxygens (including phenoxy) is 1. The van der Waals surface area contributed by atoms with Crippen LogP contribution >= 0.6 is 0 Å². The van der Waals surface area contributed by atoms with Gasteiger partial charge in [0.05, 0.1) is 21.1 Å². The molecule has 0 saturated carbocycles. The lowest BCUT2D eigenvalue weighted by Gasteiger charge is -2.29. The van der Waals surface area contributed by atoms with Crippen molar-refractivity contribution >= 4 is 11.9 Å². The molecule has 0 aliphatic heterocycles. The van der Waals surface area contributed by atoms with Gasteiger partial charge in [0.15, 0.2) is 6.10 Å². The molecule has 0 aromatic carbocycles. The fraction of sp³-hybridized carbons (Fsp3) is 0.619. The van der Waals surface area contributed by atoms with E-state index in [0.717, 1.165) is 25.7 Å². The average Bonchev–Trinajstić information content (AvgIpc) is 2.50. The quantitative estimate of drug-likeness (QED) is 0.156. The Morgan fingerprint density at radius 3 is 2.19 bits per heavy atom. The molecule has 0 spiro atoms. The molecule has 5 nitrogen and oxygen atoms in total. The molecule has 0 saturated heterocycles. The number of rotatable bonds is 14. The Morgan fingerprint density at radius 2 is 1.62 bits per heavy atom. The second-order valence-corrected chi connectivity index (χ2v) is 7.41. The summed E-state index contributed by atoms with van der Waals surface area (Å²) in [6.07, 6.45) is 16.7. The number of hydrogen-bond donors (Lipinski definition) is 0. The van der Waals surface area contributed by atoms with Crippen LogP contribution in [0.5, 0.6) is 0 Å². The van der Waals surface area contributed by atoms with Crippen molar-refractivity contribution in [3.63, 3.8) is 0 Å².